The molecule has 2 atom stereocenters. The van der Waals surface area contributed by atoms with E-state index in [-0.39, 0.29) is 6.23 Å². The van der Waals surface area contributed by atoms with E-state index in [2.05, 4.69) is 5.32 Å². The second-order valence-corrected chi connectivity index (χ2v) is 1.96. The lowest BCUT2D eigenvalue weighted by Gasteiger charge is -1.98. The Hall–Kier alpha value is -0.410. The van der Waals surface area contributed by atoms with Crippen LogP contribution in [-0.2, 0) is 9.53 Å². The van der Waals surface area contributed by atoms with Crippen molar-refractivity contribution in [3.8, 4) is 0 Å². The van der Waals surface area contributed by atoms with E-state index in [9.17, 15) is 4.79 Å². The highest BCUT2D eigenvalue weighted by Crippen LogP contribution is 1.97. The van der Waals surface area contributed by atoms with Crippen LogP contribution in [0.1, 0.15) is 6.92 Å². The first-order chi connectivity index (χ1) is 3.83. The quantitative estimate of drug-likeness (QED) is 0.469. The number of hydrogen-bond acceptors (Lipinski definition) is 3. The summed E-state index contributed by atoms with van der Waals surface area (Å²) in [5, 5.41) is 2.91. The predicted octanol–water partition coefficient (Wildman–Crippen LogP) is -0.480. The number of nitrogens with one attached hydrogen (secondary N) is 1. The van der Waals surface area contributed by atoms with Gasteiger partial charge in [-0.3, -0.25) is 10.1 Å². The number of hydrogen-bond donors (Lipinski definition) is 1. The molecule has 0 aliphatic carbocycles. The number of ether oxygens (including phenoxy) is 1. The summed E-state index contributed by atoms with van der Waals surface area (Å²) in [5.41, 5.74) is 0. The molecule has 0 spiro atoms. The van der Waals surface area contributed by atoms with Crippen LogP contribution in [0, 0.1) is 0 Å². The topological polar surface area (TPSA) is 38.3 Å². The Bertz CT molecular complexity index is 94.4. The van der Waals surface area contributed by atoms with Crippen molar-refractivity contribution in [2.75, 3.05) is 6.61 Å². The van der Waals surface area contributed by atoms with Gasteiger partial charge >= 0.3 is 0 Å². The maximum absolute atomic E-state index is 9.97. The number of carbonyl (C=O) groups is 1. The molecule has 1 heterocycles. The lowest BCUT2D eigenvalue weighted by atomic mass is 10.4. The third kappa shape index (κ3) is 1.05. The van der Waals surface area contributed by atoms with Crippen LogP contribution in [0.2, 0.25) is 0 Å². The van der Waals surface area contributed by atoms with Crippen molar-refractivity contribution in [3.63, 3.8) is 0 Å². The average molecular weight is 115 g/mol. The second kappa shape index (κ2) is 2.24. The van der Waals surface area contributed by atoms with Gasteiger partial charge in [0.05, 0.1) is 6.61 Å². The molecular weight excluding hydrogens is 106 g/mol. The fourth-order valence-corrected chi connectivity index (χ4v) is 0.703. The van der Waals surface area contributed by atoms with Gasteiger partial charge in [0, 0.05) is 6.04 Å². The first-order valence-corrected chi connectivity index (χ1v) is 2.66. The van der Waals surface area contributed by atoms with Crippen molar-refractivity contribution in [1.82, 2.24) is 5.32 Å². The van der Waals surface area contributed by atoms with Crippen LogP contribution in [0.3, 0.4) is 0 Å². The Morgan fingerprint density at radius 2 is 2.62 bits per heavy atom. The minimum atomic E-state index is -0.356. The van der Waals surface area contributed by atoms with E-state index >= 15 is 0 Å². The third-order valence-corrected chi connectivity index (χ3v) is 1.10. The van der Waals surface area contributed by atoms with Crippen LogP contribution in [0.15, 0.2) is 0 Å². The predicted molar refractivity (Wildman–Crippen MR) is 28.4 cm³/mol. The van der Waals surface area contributed by atoms with E-state index in [1.165, 1.54) is 0 Å². The van der Waals surface area contributed by atoms with Gasteiger partial charge in [-0.05, 0) is 6.92 Å². The summed E-state index contributed by atoms with van der Waals surface area (Å²) in [6, 6.07) is 0.324. The van der Waals surface area contributed by atoms with Crippen LogP contribution >= 0.6 is 0 Å². The summed E-state index contributed by atoms with van der Waals surface area (Å²) in [5.74, 6) is 0. The Kier molecular flexibility index (Phi) is 1.60. The minimum Gasteiger partial charge on any atom is -0.355 e. The maximum Gasteiger partial charge on any atom is 0.164 e. The van der Waals surface area contributed by atoms with Gasteiger partial charge in [-0.25, -0.2) is 0 Å². The van der Waals surface area contributed by atoms with Gasteiger partial charge in [-0.2, -0.15) is 0 Å². The monoisotopic (exact) mass is 115 g/mol. The van der Waals surface area contributed by atoms with E-state index < -0.39 is 0 Å². The Balaban J connectivity index is 2.32. The molecule has 0 radical (unpaired) electrons. The molecule has 0 aromatic carbocycles. The molecule has 0 amide bonds. The number of rotatable bonds is 1. The van der Waals surface area contributed by atoms with E-state index in [0.29, 0.717) is 12.6 Å². The minimum absolute atomic E-state index is 0.324. The Labute approximate surface area is 48.0 Å². The lowest BCUT2D eigenvalue weighted by Crippen LogP contribution is -2.28. The van der Waals surface area contributed by atoms with Crippen molar-refractivity contribution < 1.29 is 9.53 Å². The van der Waals surface area contributed by atoms with Crippen LogP contribution in [0.5, 0.6) is 0 Å². The summed E-state index contributed by atoms with van der Waals surface area (Å²) in [6.45, 7) is 2.62. The van der Waals surface area contributed by atoms with Gasteiger partial charge < -0.3 is 4.74 Å². The molecule has 0 bridgehead atoms. The molecule has 3 nitrogen and oxygen atoms in total. The van der Waals surface area contributed by atoms with Crippen molar-refractivity contribution in [2.24, 2.45) is 0 Å². The van der Waals surface area contributed by atoms with E-state index in [1.54, 1.807) is 0 Å². The summed E-state index contributed by atoms with van der Waals surface area (Å²) in [6.07, 6.45) is 0.411. The van der Waals surface area contributed by atoms with E-state index in [4.69, 9.17) is 4.74 Å². The molecule has 1 saturated heterocycles. The SMILES string of the molecule is C[C@H]1COC(C=O)N1. The second-order valence-electron chi connectivity index (χ2n) is 1.96. The fraction of sp³-hybridized carbons (Fsp3) is 0.800. The van der Waals surface area contributed by atoms with E-state index in [1.807, 2.05) is 6.92 Å². The first-order valence-electron chi connectivity index (χ1n) is 2.66. The zero-order valence-electron chi connectivity index (χ0n) is 4.76. The van der Waals surface area contributed by atoms with Crippen molar-refractivity contribution in [1.29, 1.82) is 0 Å². The molecule has 0 aromatic rings. The standard InChI is InChI=1S/C5H9NO2/c1-4-3-8-5(2-7)6-4/h2,4-6H,3H2,1H3/t4-,5?/m0/s1. The molecule has 1 N–H and O–H groups in total. The summed E-state index contributed by atoms with van der Waals surface area (Å²) in [4.78, 5) is 9.97. The zero-order chi connectivity index (χ0) is 5.98. The molecule has 1 aliphatic rings. The molecule has 1 fully saturated rings. The van der Waals surface area contributed by atoms with Crippen molar-refractivity contribution in [2.45, 2.75) is 19.2 Å². The van der Waals surface area contributed by atoms with Crippen LogP contribution in [0.4, 0.5) is 0 Å². The molecular formula is C5H9NO2. The smallest absolute Gasteiger partial charge is 0.164 e. The summed E-state index contributed by atoms with van der Waals surface area (Å²) < 4.78 is 4.94. The van der Waals surface area contributed by atoms with Crippen molar-refractivity contribution in [3.05, 3.63) is 0 Å². The molecule has 0 saturated carbocycles. The van der Waals surface area contributed by atoms with E-state index in [0.717, 1.165) is 6.29 Å². The van der Waals surface area contributed by atoms with Gasteiger partial charge in [-0.1, -0.05) is 0 Å². The molecule has 1 unspecified atom stereocenters. The highest BCUT2D eigenvalue weighted by atomic mass is 16.5. The van der Waals surface area contributed by atoms with Crippen LogP contribution in [-0.4, -0.2) is 25.2 Å². The van der Waals surface area contributed by atoms with Gasteiger partial charge in [0.1, 0.15) is 0 Å². The maximum atomic E-state index is 9.97. The van der Waals surface area contributed by atoms with Gasteiger partial charge in [0.15, 0.2) is 12.5 Å². The molecule has 46 valence electrons. The van der Waals surface area contributed by atoms with Crippen LogP contribution in [0.25, 0.3) is 0 Å². The first kappa shape index (κ1) is 5.72. The van der Waals surface area contributed by atoms with Crippen LogP contribution < -0.4 is 5.32 Å². The molecule has 1 aliphatic heterocycles. The third-order valence-electron chi connectivity index (χ3n) is 1.10. The normalized spacial score (nSPS) is 37.6. The largest absolute Gasteiger partial charge is 0.355 e. The number of aldehydes is 1. The highest BCUT2D eigenvalue weighted by molar-refractivity contribution is 5.55. The highest BCUT2D eigenvalue weighted by Gasteiger charge is 2.18. The Morgan fingerprint density at radius 1 is 1.88 bits per heavy atom. The number of carbonyl (C=O) groups excluding carboxylic acids is 1. The molecule has 8 heavy (non-hydrogen) atoms. The average Bonchev–Trinajstić information content (AvgIpc) is 2.14. The molecule has 3 heteroatoms. The Morgan fingerprint density at radius 3 is 2.88 bits per heavy atom. The molecule has 1 rings (SSSR count). The van der Waals surface area contributed by atoms with Gasteiger partial charge in [0.25, 0.3) is 0 Å². The lowest BCUT2D eigenvalue weighted by molar-refractivity contribution is -0.116. The zero-order valence-corrected chi connectivity index (χ0v) is 4.76. The van der Waals surface area contributed by atoms with Crippen molar-refractivity contribution >= 4 is 6.29 Å². The van der Waals surface area contributed by atoms with Gasteiger partial charge in [-0.15, -0.1) is 0 Å². The summed E-state index contributed by atoms with van der Waals surface area (Å²) >= 11 is 0. The van der Waals surface area contributed by atoms with Gasteiger partial charge in [0.2, 0.25) is 0 Å². The molecule has 0 aromatic heterocycles. The fourth-order valence-electron chi connectivity index (χ4n) is 0.703. The summed E-state index contributed by atoms with van der Waals surface area (Å²) in [7, 11) is 0.